The summed E-state index contributed by atoms with van der Waals surface area (Å²) in [6.45, 7) is 3.86. The maximum absolute atomic E-state index is 12.2. The molecule has 3 rings (SSSR count). The molecule has 1 aromatic carbocycles. The van der Waals surface area contributed by atoms with Crippen LogP contribution in [0.25, 0.3) is 0 Å². The lowest BCUT2D eigenvalue weighted by Gasteiger charge is -2.39. The summed E-state index contributed by atoms with van der Waals surface area (Å²) in [5.41, 5.74) is 1.15. The molecule has 2 aliphatic heterocycles. The molecular weight excluding hydrogens is 340 g/mol. The monoisotopic (exact) mass is 366 g/mol. The van der Waals surface area contributed by atoms with E-state index < -0.39 is 9.84 Å². The highest BCUT2D eigenvalue weighted by Gasteiger charge is 2.33. The highest BCUT2D eigenvalue weighted by Crippen LogP contribution is 2.20. The highest BCUT2D eigenvalue weighted by atomic mass is 32.2. The van der Waals surface area contributed by atoms with Crippen molar-refractivity contribution in [2.24, 2.45) is 0 Å². The summed E-state index contributed by atoms with van der Waals surface area (Å²) >= 11 is 0. The average Bonchev–Trinajstić information content (AvgIpc) is 2.88. The van der Waals surface area contributed by atoms with Gasteiger partial charge in [-0.15, -0.1) is 0 Å². The largest absolute Gasteiger partial charge is 0.487 e. The first-order valence-electron chi connectivity index (χ1n) is 8.74. The van der Waals surface area contributed by atoms with Crippen LogP contribution in [-0.2, 0) is 14.6 Å². The van der Waals surface area contributed by atoms with Gasteiger partial charge in [-0.3, -0.25) is 4.79 Å². The summed E-state index contributed by atoms with van der Waals surface area (Å²) in [4.78, 5) is 16.1. The summed E-state index contributed by atoms with van der Waals surface area (Å²) in [5.74, 6) is 1.43. The minimum absolute atomic E-state index is 0.0478. The smallest absolute Gasteiger partial charge is 0.224 e. The first-order valence-corrected chi connectivity index (χ1v) is 10.6. The molecule has 0 bridgehead atoms. The van der Waals surface area contributed by atoms with E-state index in [2.05, 4.69) is 0 Å². The molecule has 2 fully saturated rings. The van der Waals surface area contributed by atoms with Gasteiger partial charge in [-0.2, -0.15) is 0 Å². The van der Waals surface area contributed by atoms with Gasteiger partial charge in [0.2, 0.25) is 5.91 Å². The summed E-state index contributed by atoms with van der Waals surface area (Å²) in [6.07, 6.45) is 1.15. The van der Waals surface area contributed by atoms with Crippen molar-refractivity contribution in [2.45, 2.75) is 31.9 Å². The van der Waals surface area contributed by atoms with Gasteiger partial charge in [0.1, 0.15) is 11.9 Å². The molecule has 0 radical (unpaired) electrons. The Morgan fingerprint density at radius 1 is 1.36 bits per heavy atom. The van der Waals surface area contributed by atoms with Crippen LogP contribution in [0.4, 0.5) is 0 Å². The summed E-state index contributed by atoms with van der Waals surface area (Å²) in [6, 6.07) is 7.96. The second-order valence-corrected chi connectivity index (χ2v) is 9.37. The lowest BCUT2D eigenvalue weighted by Crippen LogP contribution is -2.56. The number of nitrogens with zero attached hydrogens (tertiary/aromatic N) is 2. The Kier molecular flexibility index (Phi) is 5.34. The maximum Gasteiger partial charge on any atom is 0.224 e. The van der Waals surface area contributed by atoms with Crippen LogP contribution < -0.4 is 4.74 Å². The van der Waals surface area contributed by atoms with Gasteiger partial charge in [0.25, 0.3) is 0 Å². The van der Waals surface area contributed by atoms with E-state index in [-0.39, 0.29) is 29.6 Å². The minimum Gasteiger partial charge on any atom is -0.487 e. The van der Waals surface area contributed by atoms with Crippen LogP contribution in [0, 0.1) is 6.92 Å². The SMILES string of the molecule is Cc1cccc(OC2CN(C(=O)CCN(C)C3CCS(=O)(=O)C3)C2)c1. The number of carbonyl (C=O) groups excluding carboxylic acids is 1. The van der Waals surface area contributed by atoms with E-state index in [4.69, 9.17) is 4.74 Å². The Morgan fingerprint density at radius 2 is 2.12 bits per heavy atom. The van der Waals surface area contributed by atoms with E-state index in [1.54, 1.807) is 4.90 Å². The van der Waals surface area contributed by atoms with Crippen molar-refractivity contribution in [1.82, 2.24) is 9.80 Å². The lowest BCUT2D eigenvalue weighted by atomic mass is 10.1. The quantitative estimate of drug-likeness (QED) is 0.754. The Morgan fingerprint density at radius 3 is 2.76 bits per heavy atom. The van der Waals surface area contributed by atoms with Crippen LogP contribution in [0.5, 0.6) is 5.75 Å². The van der Waals surface area contributed by atoms with Crippen molar-refractivity contribution < 1.29 is 17.9 Å². The molecule has 138 valence electrons. The van der Waals surface area contributed by atoms with Gasteiger partial charge in [-0.25, -0.2) is 8.42 Å². The number of hydrogen-bond acceptors (Lipinski definition) is 5. The maximum atomic E-state index is 12.2. The number of hydrogen-bond donors (Lipinski definition) is 0. The zero-order chi connectivity index (χ0) is 18.0. The molecule has 6 nitrogen and oxygen atoms in total. The highest BCUT2D eigenvalue weighted by molar-refractivity contribution is 7.91. The topological polar surface area (TPSA) is 66.9 Å². The standard InChI is InChI=1S/C18H26N2O4S/c1-14-4-3-5-16(10-14)24-17-11-20(12-17)18(21)6-8-19(2)15-7-9-25(22,23)13-15/h3-5,10,15,17H,6-9,11-13H2,1-2H3. The van der Waals surface area contributed by atoms with Crippen molar-refractivity contribution in [1.29, 1.82) is 0 Å². The molecule has 7 heteroatoms. The molecule has 1 unspecified atom stereocenters. The molecule has 0 spiro atoms. The fourth-order valence-electron chi connectivity index (χ4n) is 3.33. The van der Waals surface area contributed by atoms with E-state index in [1.807, 2.05) is 43.1 Å². The number of carbonyl (C=O) groups is 1. The van der Waals surface area contributed by atoms with Crippen LogP contribution in [0.2, 0.25) is 0 Å². The van der Waals surface area contributed by atoms with E-state index in [0.29, 0.717) is 32.5 Å². The lowest BCUT2D eigenvalue weighted by molar-refractivity contribution is -0.140. The molecule has 25 heavy (non-hydrogen) atoms. The predicted molar refractivity (Wildman–Crippen MR) is 96.5 cm³/mol. The van der Waals surface area contributed by atoms with E-state index in [9.17, 15) is 13.2 Å². The number of ether oxygens (including phenoxy) is 1. The van der Waals surface area contributed by atoms with Crippen molar-refractivity contribution in [3.8, 4) is 5.75 Å². The predicted octanol–water partition coefficient (Wildman–Crippen LogP) is 1.09. The number of benzene rings is 1. The number of likely N-dealkylation sites (tertiary alicyclic amines) is 1. The van der Waals surface area contributed by atoms with Gasteiger partial charge in [0.05, 0.1) is 24.6 Å². The summed E-state index contributed by atoms with van der Waals surface area (Å²) in [5, 5.41) is 0. The Bertz CT molecular complexity index is 728. The number of rotatable bonds is 6. The van der Waals surface area contributed by atoms with Crippen LogP contribution >= 0.6 is 0 Å². The second-order valence-electron chi connectivity index (χ2n) is 7.14. The van der Waals surface area contributed by atoms with Crippen LogP contribution in [0.15, 0.2) is 24.3 Å². The fraction of sp³-hybridized carbons (Fsp3) is 0.611. The minimum atomic E-state index is -2.88. The first kappa shape index (κ1) is 18.2. The zero-order valence-electron chi connectivity index (χ0n) is 14.8. The molecule has 0 N–H and O–H groups in total. The number of aryl methyl sites for hydroxylation is 1. The molecule has 0 saturated carbocycles. The van der Waals surface area contributed by atoms with Crippen molar-refractivity contribution in [3.63, 3.8) is 0 Å². The van der Waals surface area contributed by atoms with Gasteiger partial charge in [0.15, 0.2) is 9.84 Å². The Balaban J connectivity index is 1.38. The van der Waals surface area contributed by atoms with Crippen molar-refractivity contribution >= 4 is 15.7 Å². The third-order valence-corrected chi connectivity index (χ3v) is 6.75. The molecule has 0 aliphatic carbocycles. The fourth-order valence-corrected chi connectivity index (χ4v) is 5.14. The van der Waals surface area contributed by atoms with Crippen LogP contribution in [0.1, 0.15) is 18.4 Å². The zero-order valence-corrected chi connectivity index (χ0v) is 15.7. The third kappa shape index (κ3) is 4.73. The molecule has 1 atom stereocenters. The van der Waals surface area contributed by atoms with Gasteiger partial charge in [0, 0.05) is 19.0 Å². The van der Waals surface area contributed by atoms with Gasteiger partial charge in [-0.1, -0.05) is 12.1 Å². The van der Waals surface area contributed by atoms with Crippen LogP contribution in [-0.4, -0.2) is 74.5 Å². The number of amides is 1. The average molecular weight is 366 g/mol. The molecule has 1 amide bonds. The van der Waals surface area contributed by atoms with Crippen molar-refractivity contribution in [3.05, 3.63) is 29.8 Å². The molecule has 0 aromatic heterocycles. The van der Waals surface area contributed by atoms with E-state index in [0.717, 1.165) is 11.3 Å². The summed E-state index contributed by atoms with van der Waals surface area (Å²) in [7, 11) is -0.981. The van der Waals surface area contributed by atoms with E-state index >= 15 is 0 Å². The van der Waals surface area contributed by atoms with Crippen LogP contribution in [0.3, 0.4) is 0 Å². The number of sulfone groups is 1. The normalized spacial score (nSPS) is 22.8. The Labute approximate surface area is 149 Å². The molecule has 2 heterocycles. The third-order valence-electron chi connectivity index (χ3n) is 5.00. The molecule has 2 aliphatic rings. The van der Waals surface area contributed by atoms with E-state index in [1.165, 1.54) is 0 Å². The molecule has 1 aromatic rings. The van der Waals surface area contributed by atoms with Gasteiger partial charge >= 0.3 is 0 Å². The molecule has 2 saturated heterocycles. The van der Waals surface area contributed by atoms with Gasteiger partial charge in [-0.05, 0) is 38.1 Å². The Hall–Kier alpha value is -1.60. The van der Waals surface area contributed by atoms with Gasteiger partial charge < -0.3 is 14.5 Å². The van der Waals surface area contributed by atoms with Crippen molar-refractivity contribution in [2.75, 3.05) is 38.2 Å². The summed E-state index contributed by atoms with van der Waals surface area (Å²) < 4.78 is 28.9. The second kappa shape index (κ2) is 7.33. The first-order chi connectivity index (χ1) is 11.8. The molecular formula is C18H26N2O4S.